The van der Waals surface area contributed by atoms with Crippen LogP contribution in [0.3, 0.4) is 0 Å². The largest absolute Gasteiger partial charge is 0.371 e. The summed E-state index contributed by atoms with van der Waals surface area (Å²) in [7, 11) is 0. The Morgan fingerprint density at radius 2 is 1.69 bits per heavy atom. The van der Waals surface area contributed by atoms with Crippen LogP contribution < -0.4 is 15.5 Å². The topological polar surface area (TPSA) is 47.6 Å². The van der Waals surface area contributed by atoms with Crippen molar-refractivity contribution in [2.24, 2.45) is 11.8 Å². The Kier molecular flexibility index (Phi) is 6.35. The van der Waals surface area contributed by atoms with Crippen LogP contribution in [-0.2, 0) is 0 Å². The van der Waals surface area contributed by atoms with Gasteiger partial charge in [-0.1, -0.05) is 0 Å². The van der Waals surface area contributed by atoms with Crippen LogP contribution in [0.4, 0.5) is 14.9 Å². The fourth-order valence-electron chi connectivity index (χ4n) is 3.92. The highest BCUT2D eigenvalue weighted by atomic mass is 19.1. The number of anilines is 1. The Morgan fingerprint density at radius 1 is 1.08 bits per heavy atom. The molecule has 3 rings (SSSR count). The number of carbonyl (C=O) groups is 1. The molecule has 26 heavy (non-hydrogen) atoms. The molecule has 2 aliphatic heterocycles. The summed E-state index contributed by atoms with van der Waals surface area (Å²) in [6, 6.07) is 7.16. The number of amides is 2. The first-order valence-corrected chi connectivity index (χ1v) is 9.77. The molecule has 2 saturated heterocycles. The van der Waals surface area contributed by atoms with E-state index in [-0.39, 0.29) is 11.8 Å². The van der Waals surface area contributed by atoms with Crippen LogP contribution >= 0.6 is 0 Å². The van der Waals surface area contributed by atoms with Gasteiger partial charge in [-0.05, 0) is 69.3 Å². The summed E-state index contributed by atoms with van der Waals surface area (Å²) in [5.41, 5.74) is 1.05. The highest BCUT2D eigenvalue weighted by Gasteiger charge is 2.25. The van der Waals surface area contributed by atoms with E-state index >= 15 is 0 Å². The molecule has 0 spiro atoms. The zero-order valence-electron chi connectivity index (χ0n) is 15.9. The molecule has 2 N–H and O–H groups in total. The molecule has 144 valence electrons. The van der Waals surface area contributed by atoms with Crippen molar-refractivity contribution in [3.63, 3.8) is 0 Å². The third-order valence-corrected chi connectivity index (χ3v) is 5.63. The Morgan fingerprint density at radius 3 is 2.31 bits per heavy atom. The minimum absolute atomic E-state index is 0.0618. The highest BCUT2D eigenvalue weighted by Crippen LogP contribution is 2.23. The molecule has 0 radical (unpaired) electrons. The fourth-order valence-corrected chi connectivity index (χ4v) is 3.92. The van der Waals surface area contributed by atoms with E-state index in [4.69, 9.17) is 0 Å². The third-order valence-electron chi connectivity index (χ3n) is 5.63. The fraction of sp³-hybridized carbons (Fsp3) is 0.650. The Labute approximate surface area is 155 Å². The lowest BCUT2D eigenvalue weighted by molar-refractivity contribution is 0.235. The number of rotatable bonds is 6. The normalized spacial score (nSPS) is 23.6. The second-order valence-corrected chi connectivity index (χ2v) is 7.91. The van der Waals surface area contributed by atoms with Crippen LogP contribution in [0.5, 0.6) is 0 Å². The zero-order chi connectivity index (χ0) is 18.5. The number of nitrogens with one attached hydrogen (secondary N) is 2. The molecule has 2 unspecified atom stereocenters. The van der Waals surface area contributed by atoms with E-state index in [2.05, 4.69) is 34.3 Å². The van der Waals surface area contributed by atoms with Crippen LogP contribution in [-0.4, -0.2) is 56.2 Å². The SMILES string of the molecule is CC(C)N1CCC(CNC(=O)NCC2CCN(c3ccc(F)cc3)C2)C1. The molecule has 2 fully saturated rings. The molecule has 0 bridgehead atoms. The highest BCUT2D eigenvalue weighted by molar-refractivity contribution is 5.73. The van der Waals surface area contributed by atoms with Crippen molar-refractivity contribution in [1.82, 2.24) is 15.5 Å². The van der Waals surface area contributed by atoms with Gasteiger partial charge < -0.3 is 20.4 Å². The van der Waals surface area contributed by atoms with Gasteiger partial charge in [-0.15, -0.1) is 0 Å². The van der Waals surface area contributed by atoms with Crippen molar-refractivity contribution < 1.29 is 9.18 Å². The summed E-state index contributed by atoms with van der Waals surface area (Å²) >= 11 is 0. The lowest BCUT2D eigenvalue weighted by Gasteiger charge is -2.20. The molecular weight excluding hydrogens is 331 g/mol. The Hall–Kier alpha value is -1.82. The third kappa shape index (κ3) is 5.10. The maximum absolute atomic E-state index is 13.0. The number of likely N-dealkylation sites (tertiary alicyclic amines) is 1. The van der Waals surface area contributed by atoms with Gasteiger partial charge >= 0.3 is 6.03 Å². The smallest absolute Gasteiger partial charge is 0.314 e. The van der Waals surface area contributed by atoms with Crippen LogP contribution in [0.15, 0.2) is 24.3 Å². The summed E-state index contributed by atoms with van der Waals surface area (Å²) in [6.07, 6.45) is 2.21. The first-order chi connectivity index (χ1) is 12.5. The van der Waals surface area contributed by atoms with E-state index in [0.29, 0.717) is 24.4 Å². The summed E-state index contributed by atoms with van der Waals surface area (Å²) < 4.78 is 13.0. The predicted octanol–water partition coefficient (Wildman–Crippen LogP) is 2.68. The molecule has 6 heteroatoms. The first kappa shape index (κ1) is 19.0. The molecule has 0 aromatic heterocycles. The summed E-state index contributed by atoms with van der Waals surface area (Å²) in [5, 5.41) is 6.04. The Balaban J connectivity index is 1.33. The van der Waals surface area contributed by atoms with Crippen LogP contribution in [0.2, 0.25) is 0 Å². The predicted molar refractivity (Wildman–Crippen MR) is 103 cm³/mol. The number of nitrogens with zero attached hydrogens (tertiary/aromatic N) is 2. The number of hydrogen-bond donors (Lipinski definition) is 2. The lowest BCUT2D eigenvalue weighted by Crippen LogP contribution is -2.41. The number of urea groups is 1. The molecule has 2 heterocycles. The van der Waals surface area contributed by atoms with E-state index in [1.54, 1.807) is 0 Å². The second kappa shape index (κ2) is 8.71. The summed E-state index contributed by atoms with van der Waals surface area (Å²) in [4.78, 5) is 16.8. The van der Waals surface area contributed by atoms with E-state index in [1.165, 1.54) is 12.1 Å². The quantitative estimate of drug-likeness (QED) is 0.818. The van der Waals surface area contributed by atoms with E-state index in [9.17, 15) is 9.18 Å². The Bertz CT molecular complexity index is 592. The monoisotopic (exact) mass is 362 g/mol. The van der Waals surface area contributed by atoms with Gasteiger partial charge in [0.1, 0.15) is 5.82 Å². The molecule has 1 aromatic rings. The van der Waals surface area contributed by atoms with Gasteiger partial charge in [0.05, 0.1) is 0 Å². The van der Waals surface area contributed by atoms with E-state index in [0.717, 1.165) is 51.3 Å². The zero-order valence-corrected chi connectivity index (χ0v) is 15.9. The van der Waals surface area contributed by atoms with Crippen molar-refractivity contribution in [3.05, 3.63) is 30.1 Å². The maximum Gasteiger partial charge on any atom is 0.314 e. The number of halogens is 1. The minimum Gasteiger partial charge on any atom is -0.371 e. The number of carbonyl (C=O) groups excluding carboxylic acids is 1. The van der Waals surface area contributed by atoms with Crippen molar-refractivity contribution in [2.75, 3.05) is 44.2 Å². The van der Waals surface area contributed by atoms with Crippen LogP contribution in [0.1, 0.15) is 26.7 Å². The second-order valence-electron chi connectivity index (χ2n) is 7.91. The van der Waals surface area contributed by atoms with Crippen LogP contribution in [0, 0.1) is 17.7 Å². The first-order valence-electron chi connectivity index (χ1n) is 9.77. The molecule has 1 aromatic carbocycles. The van der Waals surface area contributed by atoms with Crippen molar-refractivity contribution in [3.8, 4) is 0 Å². The molecule has 5 nitrogen and oxygen atoms in total. The summed E-state index contributed by atoms with van der Waals surface area (Å²) in [6.45, 7) is 9.94. The molecular formula is C20H31FN4O. The average molecular weight is 362 g/mol. The van der Waals surface area contributed by atoms with Gasteiger partial charge in [0.15, 0.2) is 0 Å². The molecule has 0 aliphatic carbocycles. The van der Waals surface area contributed by atoms with Crippen molar-refractivity contribution in [2.45, 2.75) is 32.7 Å². The number of benzene rings is 1. The van der Waals surface area contributed by atoms with Crippen LogP contribution in [0.25, 0.3) is 0 Å². The molecule has 0 saturated carbocycles. The molecule has 2 amide bonds. The van der Waals surface area contributed by atoms with Crippen molar-refractivity contribution in [1.29, 1.82) is 0 Å². The van der Waals surface area contributed by atoms with E-state index in [1.807, 2.05) is 12.1 Å². The van der Waals surface area contributed by atoms with E-state index < -0.39 is 0 Å². The van der Waals surface area contributed by atoms with Gasteiger partial charge in [0.25, 0.3) is 0 Å². The molecule has 2 aliphatic rings. The summed E-state index contributed by atoms with van der Waals surface area (Å²) in [5.74, 6) is 0.791. The van der Waals surface area contributed by atoms with Gasteiger partial charge in [0, 0.05) is 44.5 Å². The average Bonchev–Trinajstić information content (AvgIpc) is 3.28. The standard InChI is InChI=1S/C20H31FN4O/c1-15(2)24-9-7-16(13-24)11-22-20(26)23-12-17-8-10-25(14-17)19-5-3-18(21)4-6-19/h3-6,15-17H,7-14H2,1-2H3,(H2,22,23,26). The van der Waals surface area contributed by atoms with Gasteiger partial charge in [-0.2, -0.15) is 0 Å². The lowest BCUT2D eigenvalue weighted by atomic mass is 10.1. The molecule has 2 atom stereocenters. The minimum atomic E-state index is -0.207. The van der Waals surface area contributed by atoms with Gasteiger partial charge in [-0.3, -0.25) is 0 Å². The van der Waals surface area contributed by atoms with Crippen molar-refractivity contribution >= 4 is 11.7 Å². The maximum atomic E-state index is 13.0. The van der Waals surface area contributed by atoms with Gasteiger partial charge in [0.2, 0.25) is 0 Å². The van der Waals surface area contributed by atoms with Gasteiger partial charge in [-0.25, -0.2) is 9.18 Å². The number of hydrogen-bond acceptors (Lipinski definition) is 3.